The molecule has 0 spiro atoms. The second-order valence-corrected chi connectivity index (χ2v) is 12.0. The minimum atomic E-state index is -0.394. The van der Waals surface area contributed by atoms with E-state index in [4.69, 9.17) is 0 Å². The number of amides is 1. The Bertz CT molecular complexity index is 1500. The largest absolute Gasteiger partial charge is 0.355 e. The van der Waals surface area contributed by atoms with Crippen LogP contribution >= 0.6 is 11.3 Å². The van der Waals surface area contributed by atoms with Crippen molar-refractivity contribution < 1.29 is 4.79 Å². The predicted molar refractivity (Wildman–Crippen MR) is 156 cm³/mol. The number of carbonyl (C=O) groups is 1. The molecule has 0 saturated carbocycles. The number of thiazole rings is 1. The lowest BCUT2D eigenvalue weighted by Crippen LogP contribution is -2.52. The molecule has 9 heteroatoms. The second kappa shape index (κ2) is 10.1. The number of benzene rings is 1. The van der Waals surface area contributed by atoms with Crippen molar-refractivity contribution in [2.45, 2.75) is 20.3 Å². The van der Waals surface area contributed by atoms with Crippen LogP contribution in [0.1, 0.15) is 26.0 Å². The maximum absolute atomic E-state index is 13.5. The Morgan fingerprint density at radius 2 is 1.95 bits per heavy atom. The van der Waals surface area contributed by atoms with Gasteiger partial charge >= 0.3 is 0 Å². The van der Waals surface area contributed by atoms with Gasteiger partial charge in [-0.15, -0.1) is 11.3 Å². The van der Waals surface area contributed by atoms with Crippen LogP contribution in [0.15, 0.2) is 48.1 Å². The summed E-state index contributed by atoms with van der Waals surface area (Å²) in [6.45, 7) is 10.6. The number of fused-ring (bicyclic) bond motifs is 2. The minimum absolute atomic E-state index is 0.245. The number of hydrogen-bond acceptors (Lipinski definition) is 7. The van der Waals surface area contributed by atoms with E-state index >= 15 is 0 Å². The molecule has 0 radical (unpaired) electrons. The molecule has 8 nitrogen and oxygen atoms in total. The predicted octanol–water partition coefficient (Wildman–Crippen LogP) is 4.81. The van der Waals surface area contributed by atoms with Crippen LogP contribution in [-0.2, 0) is 4.79 Å². The van der Waals surface area contributed by atoms with Gasteiger partial charge in [-0.3, -0.25) is 9.69 Å². The monoisotopic (exact) mass is 529 g/mol. The van der Waals surface area contributed by atoms with Crippen molar-refractivity contribution in [1.29, 1.82) is 0 Å². The van der Waals surface area contributed by atoms with Crippen molar-refractivity contribution in [1.82, 2.24) is 29.7 Å². The molecular weight excluding hydrogens is 494 g/mol. The smallest absolute Gasteiger partial charge is 0.229 e. The number of rotatable bonds is 6. The highest BCUT2D eigenvalue weighted by atomic mass is 32.1. The van der Waals surface area contributed by atoms with Gasteiger partial charge in [0.1, 0.15) is 5.65 Å². The molecular formula is C29H35N7OS. The minimum Gasteiger partial charge on any atom is -0.355 e. The Kier molecular flexibility index (Phi) is 6.67. The summed E-state index contributed by atoms with van der Waals surface area (Å²) in [6.07, 6.45) is 4.85. The highest BCUT2D eigenvalue weighted by molar-refractivity contribution is 7.16. The summed E-state index contributed by atoms with van der Waals surface area (Å²) >= 11 is 1.64. The van der Waals surface area contributed by atoms with Gasteiger partial charge in [-0.2, -0.15) is 0 Å². The van der Waals surface area contributed by atoms with Crippen molar-refractivity contribution in [2.75, 3.05) is 58.2 Å². The Morgan fingerprint density at radius 3 is 2.74 bits per heavy atom. The zero-order chi connectivity index (χ0) is 26.3. The van der Waals surface area contributed by atoms with E-state index in [1.807, 2.05) is 28.7 Å². The highest BCUT2D eigenvalue weighted by Crippen LogP contribution is 2.32. The van der Waals surface area contributed by atoms with Gasteiger partial charge in [0, 0.05) is 68.8 Å². The summed E-state index contributed by atoms with van der Waals surface area (Å²) in [7, 11) is 2.16. The topological polar surface area (TPSA) is 80.4 Å². The van der Waals surface area contributed by atoms with Crippen LogP contribution in [0.3, 0.4) is 0 Å². The molecule has 1 aromatic carbocycles. The van der Waals surface area contributed by atoms with E-state index in [9.17, 15) is 4.79 Å². The number of pyridine rings is 1. The van der Waals surface area contributed by atoms with Gasteiger partial charge in [-0.05, 0) is 63.2 Å². The number of piperazine rings is 1. The van der Waals surface area contributed by atoms with Crippen molar-refractivity contribution in [2.24, 2.45) is 5.41 Å². The van der Waals surface area contributed by atoms with Crippen molar-refractivity contribution in [3.8, 4) is 0 Å². The van der Waals surface area contributed by atoms with E-state index < -0.39 is 5.41 Å². The lowest BCUT2D eigenvalue weighted by atomic mass is 9.89. The van der Waals surface area contributed by atoms with Crippen LogP contribution < -0.4 is 5.32 Å². The lowest BCUT2D eigenvalue weighted by molar-refractivity contribution is -0.141. The zero-order valence-corrected chi connectivity index (χ0v) is 23.1. The number of nitrogens with one attached hydrogen (secondary N) is 2. The molecule has 2 N–H and O–H groups in total. The second-order valence-electron chi connectivity index (χ2n) is 11.2. The third-order valence-corrected chi connectivity index (χ3v) is 8.57. The quantitative estimate of drug-likeness (QED) is 0.373. The summed E-state index contributed by atoms with van der Waals surface area (Å²) in [5.41, 5.74) is 7.71. The van der Waals surface area contributed by atoms with Crippen LogP contribution in [-0.4, -0.2) is 88.4 Å². The maximum atomic E-state index is 13.5. The fourth-order valence-corrected chi connectivity index (χ4v) is 6.27. The van der Waals surface area contributed by atoms with Gasteiger partial charge < -0.3 is 20.1 Å². The third-order valence-electron chi connectivity index (χ3n) is 7.78. The van der Waals surface area contributed by atoms with E-state index in [2.05, 4.69) is 75.2 Å². The number of H-pyrrole nitrogens is 1. The van der Waals surface area contributed by atoms with Crippen LogP contribution in [0.4, 0.5) is 11.4 Å². The first-order valence-corrected chi connectivity index (χ1v) is 14.2. The molecule has 1 saturated heterocycles. The molecule has 1 amide bonds. The highest BCUT2D eigenvalue weighted by Gasteiger charge is 2.35. The van der Waals surface area contributed by atoms with Gasteiger partial charge in [-0.25, -0.2) is 9.97 Å². The molecule has 0 aliphatic carbocycles. The third kappa shape index (κ3) is 5.06. The van der Waals surface area contributed by atoms with Crippen LogP contribution in [0, 0.1) is 5.41 Å². The summed E-state index contributed by atoms with van der Waals surface area (Å²) in [6, 6.07) is 10.4. The number of anilines is 2. The summed E-state index contributed by atoms with van der Waals surface area (Å²) in [5.74, 6) is 0.245. The molecule has 0 atom stereocenters. The first kappa shape index (κ1) is 25.0. The molecule has 1 fully saturated rings. The molecule has 6 rings (SSSR count). The number of likely N-dealkylation sites (N-methyl/N-ethyl adjacent to an activating group) is 1. The summed E-state index contributed by atoms with van der Waals surface area (Å²) in [4.78, 5) is 32.7. The Morgan fingerprint density at radius 1 is 1.11 bits per heavy atom. The zero-order valence-electron chi connectivity index (χ0n) is 22.3. The van der Waals surface area contributed by atoms with Gasteiger partial charge in [0.15, 0.2) is 0 Å². The van der Waals surface area contributed by atoms with Crippen molar-refractivity contribution in [3.05, 3.63) is 53.8 Å². The molecule has 2 aliphatic heterocycles. The van der Waals surface area contributed by atoms with Crippen molar-refractivity contribution >= 4 is 55.4 Å². The van der Waals surface area contributed by atoms with E-state index in [1.54, 1.807) is 11.3 Å². The fraction of sp³-hybridized carbons (Fsp3) is 0.414. The van der Waals surface area contributed by atoms with Crippen molar-refractivity contribution in [3.63, 3.8) is 0 Å². The standard InChI is InChI=1S/C29H35N7OS/c1-29(2,18-35-14-12-34(3)13-15-35)28(37)36-10-7-20(8-11-36)25-17-22-23(6-9-30-27(22)33-25)32-21-4-5-24-26(16-21)38-19-31-24/h4-7,9,16-17,19H,8,10-15,18H2,1-3H3,(H2,30,32,33). The average Bonchev–Trinajstić information content (AvgIpc) is 3.57. The molecule has 2 aliphatic rings. The number of aromatic nitrogens is 3. The van der Waals surface area contributed by atoms with E-state index in [0.717, 1.165) is 84.0 Å². The maximum Gasteiger partial charge on any atom is 0.229 e. The SMILES string of the molecule is CN1CCN(CC(C)(C)C(=O)N2CC=C(c3cc4c(Nc5ccc6ncsc6c5)ccnc4[nH]3)CC2)CC1. The Balaban J connectivity index is 1.15. The fourth-order valence-electron chi connectivity index (χ4n) is 5.56. The summed E-state index contributed by atoms with van der Waals surface area (Å²) in [5, 5.41) is 4.61. The molecule has 5 heterocycles. The van der Waals surface area contributed by atoms with Gasteiger partial charge in [0.05, 0.1) is 26.8 Å². The van der Waals surface area contributed by atoms with E-state index in [-0.39, 0.29) is 5.91 Å². The molecule has 3 aromatic heterocycles. The Labute approximate surface area is 227 Å². The number of aromatic amines is 1. The number of hydrogen-bond donors (Lipinski definition) is 2. The summed E-state index contributed by atoms with van der Waals surface area (Å²) < 4.78 is 1.16. The molecule has 198 valence electrons. The van der Waals surface area contributed by atoms with Crippen LogP contribution in [0.5, 0.6) is 0 Å². The molecule has 4 aromatic rings. The van der Waals surface area contributed by atoms with Crippen LogP contribution in [0.2, 0.25) is 0 Å². The lowest BCUT2D eigenvalue weighted by Gasteiger charge is -2.39. The van der Waals surface area contributed by atoms with Crippen LogP contribution in [0.25, 0.3) is 26.8 Å². The van der Waals surface area contributed by atoms with E-state index in [0.29, 0.717) is 6.54 Å². The van der Waals surface area contributed by atoms with Gasteiger partial charge in [0.2, 0.25) is 5.91 Å². The number of nitrogens with zero attached hydrogens (tertiary/aromatic N) is 5. The first-order valence-electron chi connectivity index (χ1n) is 13.3. The van der Waals surface area contributed by atoms with Gasteiger partial charge in [-0.1, -0.05) is 6.08 Å². The van der Waals surface area contributed by atoms with Gasteiger partial charge in [0.25, 0.3) is 0 Å². The molecule has 0 bridgehead atoms. The average molecular weight is 530 g/mol. The normalized spacial score (nSPS) is 17.8. The molecule has 0 unspecified atom stereocenters. The van der Waals surface area contributed by atoms with E-state index in [1.165, 1.54) is 5.57 Å². The Hall–Kier alpha value is -3.27. The number of carbonyl (C=O) groups excluding carboxylic acids is 1. The first-order chi connectivity index (χ1) is 18.4. The molecule has 38 heavy (non-hydrogen) atoms.